The molecule has 4 rings (SSSR count). The lowest BCUT2D eigenvalue weighted by molar-refractivity contribution is -0.127. The van der Waals surface area contributed by atoms with Crippen molar-refractivity contribution in [3.05, 3.63) is 87.8 Å². The van der Waals surface area contributed by atoms with Crippen LogP contribution >= 0.6 is 35.1 Å². The number of carbonyl (C=O) groups is 3. The SMILES string of the molecule is CCOc1cc(/C=C2/SC(=O)N(CC(=O)Nc3cccc(SC)c3)C2=O)ccc1OCc1ccc(Cl)cc1. The molecule has 0 saturated carbocycles. The Hall–Kier alpha value is -3.40. The zero-order chi connectivity index (χ0) is 27.1. The second-order valence-corrected chi connectivity index (χ2v) is 10.4. The summed E-state index contributed by atoms with van der Waals surface area (Å²) in [6.45, 7) is 2.25. The molecule has 1 fully saturated rings. The van der Waals surface area contributed by atoms with E-state index in [-0.39, 0.29) is 11.4 Å². The summed E-state index contributed by atoms with van der Waals surface area (Å²) >= 11 is 8.29. The third-order valence-corrected chi connectivity index (χ3v) is 7.29. The molecule has 1 saturated heterocycles. The highest BCUT2D eigenvalue weighted by Gasteiger charge is 2.36. The largest absolute Gasteiger partial charge is 0.490 e. The van der Waals surface area contributed by atoms with Crippen molar-refractivity contribution in [2.24, 2.45) is 0 Å². The zero-order valence-electron chi connectivity index (χ0n) is 20.7. The van der Waals surface area contributed by atoms with Gasteiger partial charge in [0.2, 0.25) is 5.91 Å². The van der Waals surface area contributed by atoms with Crippen LogP contribution in [0.2, 0.25) is 5.02 Å². The molecule has 1 N–H and O–H groups in total. The number of thioether (sulfide) groups is 2. The zero-order valence-corrected chi connectivity index (χ0v) is 23.1. The van der Waals surface area contributed by atoms with Gasteiger partial charge in [-0.1, -0.05) is 35.9 Å². The monoisotopic (exact) mass is 568 g/mol. The molecule has 1 aliphatic heterocycles. The van der Waals surface area contributed by atoms with Gasteiger partial charge in [0.15, 0.2) is 11.5 Å². The Morgan fingerprint density at radius 2 is 1.84 bits per heavy atom. The van der Waals surface area contributed by atoms with Gasteiger partial charge in [-0.2, -0.15) is 0 Å². The number of carbonyl (C=O) groups excluding carboxylic acids is 3. The molecule has 0 radical (unpaired) electrons. The third-order valence-electron chi connectivity index (χ3n) is 5.40. The number of benzene rings is 3. The Labute approximate surface area is 234 Å². The molecule has 10 heteroatoms. The number of hydrogen-bond acceptors (Lipinski definition) is 7. The summed E-state index contributed by atoms with van der Waals surface area (Å²) in [4.78, 5) is 40.2. The predicted molar refractivity (Wildman–Crippen MR) is 153 cm³/mol. The van der Waals surface area contributed by atoms with Crippen molar-refractivity contribution < 1.29 is 23.9 Å². The summed E-state index contributed by atoms with van der Waals surface area (Å²) in [5.41, 5.74) is 2.22. The van der Waals surface area contributed by atoms with E-state index < -0.39 is 17.1 Å². The quantitative estimate of drug-likeness (QED) is 0.215. The lowest BCUT2D eigenvalue weighted by Gasteiger charge is -2.13. The molecule has 0 atom stereocenters. The molecule has 3 aromatic rings. The van der Waals surface area contributed by atoms with Crippen LogP contribution in [0.5, 0.6) is 11.5 Å². The maximum Gasteiger partial charge on any atom is 0.294 e. The smallest absolute Gasteiger partial charge is 0.294 e. The van der Waals surface area contributed by atoms with Gasteiger partial charge < -0.3 is 14.8 Å². The van der Waals surface area contributed by atoms with Crippen molar-refractivity contribution in [1.29, 1.82) is 0 Å². The Balaban J connectivity index is 1.43. The highest BCUT2D eigenvalue weighted by Crippen LogP contribution is 2.35. The molecule has 0 spiro atoms. The van der Waals surface area contributed by atoms with E-state index in [2.05, 4.69) is 5.32 Å². The van der Waals surface area contributed by atoms with Gasteiger partial charge in [-0.25, -0.2) is 0 Å². The minimum Gasteiger partial charge on any atom is -0.490 e. The molecular weight excluding hydrogens is 544 g/mol. The fourth-order valence-electron chi connectivity index (χ4n) is 3.58. The van der Waals surface area contributed by atoms with Gasteiger partial charge >= 0.3 is 0 Å². The number of imide groups is 1. The minimum absolute atomic E-state index is 0.226. The first-order valence-corrected chi connectivity index (χ1v) is 14.1. The Morgan fingerprint density at radius 3 is 2.58 bits per heavy atom. The molecule has 1 heterocycles. The summed E-state index contributed by atoms with van der Waals surface area (Å²) in [5.74, 6) is 0.0947. The van der Waals surface area contributed by atoms with Crippen molar-refractivity contribution in [3.63, 3.8) is 0 Å². The molecule has 1 aliphatic rings. The van der Waals surface area contributed by atoms with Gasteiger partial charge in [-0.05, 0) is 84.6 Å². The van der Waals surface area contributed by atoms with E-state index in [1.807, 2.05) is 43.5 Å². The molecule has 7 nitrogen and oxygen atoms in total. The molecular formula is C28H25ClN2O5S2. The van der Waals surface area contributed by atoms with Crippen molar-refractivity contribution >= 4 is 63.9 Å². The first-order valence-electron chi connectivity index (χ1n) is 11.7. The summed E-state index contributed by atoms with van der Waals surface area (Å²) in [5, 5.41) is 2.89. The van der Waals surface area contributed by atoms with Crippen LogP contribution in [0.25, 0.3) is 6.08 Å². The highest BCUT2D eigenvalue weighted by atomic mass is 35.5. The normalized spacial score (nSPS) is 14.2. The van der Waals surface area contributed by atoms with Crippen LogP contribution in [-0.4, -0.2) is 41.4 Å². The van der Waals surface area contributed by atoms with Crippen molar-refractivity contribution in [2.75, 3.05) is 24.7 Å². The first-order chi connectivity index (χ1) is 18.4. The summed E-state index contributed by atoms with van der Waals surface area (Å²) in [7, 11) is 0. The van der Waals surface area contributed by atoms with Crippen molar-refractivity contribution in [1.82, 2.24) is 4.90 Å². The van der Waals surface area contributed by atoms with Gasteiger partial charge in [0.25, 0.3) is 11.1 Å². The van der Waals surface area contributed by atoms with Gasteiger partial charge in [-0.15, -0.1) is 11.8 Å². The molecule has 3 amide bonds. The molecule has 0 aliphatic carbocycles. The van der Waals surface area contributed by atoms with Crippen LogP contribution in [0.15, 0.2) is 76.5 Å². The number of halogens is 1. The standard InChI is InChI=1S/C28H25ClN2O5S2/c1-3-35-24-13-19(9-12-23(24)36-17-18-7-10-20(29)11-8-18)14-25-27(33)31(28(34)38-25)16-26(32)30-21-5-4-6-22(15-21)37-2/h4-15H,3,16-17H2,1-2H3,(H,30,32)/b25-14+. The molecule has 0 bridgehead atoms. The Bertz CT molecular complexity index is 1380. The second-order valence-electron chi connectivity index (χ2n) is 8.10. The van der Waals surface area contributed by atoms with Gasteiger partial charge in [-0.3, -0.25) is 19.3 Å². The Morgan fingerprint density at radius 1 is 1.05 bits per heavy atom. The van der Waals surface area contributed by atoms with Crippen LogP contribution in [0.1, 0.15) is 18.1 Å². The van der Waals surface area contributed by atoms with Gasteiger partial charge in [0, 0.05) is 15.6 Å². The number of nitrogens with zero attached hydrogens (tertiary/aromatic N) is 1. The average Bonchev–Trinajstić information content (AvgIpc) is 3.16. The minimum atomic E-state index is -0.519. The molecule has 38 heavy (non-hydrogen) atoms. The number of ether oxygens (including phenoxy) is 2. The van der Waals surface area contributed by atoms with E-state index in [9.17, 15) is 14.4 Å². The van der Waals surface area contributed by atoms with E-state index in [4.69, 9.17) is 21.1 Å². The number of anilines is 1. The lowest BCUT2D eigenvalue weighted by Crippen LogP contribution is -2.36. The van der Waals surface area contributed by atoms with Crippen LogP contribution in [0.3, 0.4) is 0 Å². The Kier molecular flexibility index (Phi) is 9.38. The van der Waals surface area contributed by atoms with E-state index in [0.29, 0.717) is 41.0 Å². The fraction of sp³-hybridized carbons (Fsp3) is 0.179. The number of nitrogens with one attached hydrogen (secondary N) is 1. The van der Waals surface area contributed by atoms with Gasteiger partial charge in [0.05, 0.1) is 11.5 Å². The maximum atomic E-state index is 12.9. The molecule has 0 unspecified atom stereocenters. The first kappa shape index (κ1) is 27.6. The van der Waals surface area contributed by atoms with Crippen LogP contribution < -0.4 is 14.8 Å². The average molecular weight is 569 g/mol. The van der Waals surface area contributed by atoms with Crippen LogP contribution in [0.4, 0.5) is 10.5 Å². The third kappa shape index (κ3) is 7.12. The van der Waals surface area contributed by atoms with E-state index in [1.54, 1.807) is 54.2 Å². The fourth-order valence-corrected chi connectivity index (χ4v) is 5.00. The number of rotatable bonds is 10. The predicted octanol–water partition coefficient (Wildman–Crippen LogP) is 6.71. The van der Waals surface area contributed by atoms with Crippen LogP contribution in [-0.2, 0) is 16.2 Å². The molecule has 3 aromatic carbocycles. The number of hydrogen-bond donors (Lipinski definition) is 1. The van der Waals surface area contributed by atoms with Crippen molar-refractivity contribution in [3.8, 4) is 11.5 Å². The van der Waals surface area contributed by atoms with Crippen LogP contribution in [0, 0.1) is 0 Å². The topological polar surface area (TPSA) is 84.9 Å². The van der Waals surface area contributed by atoms with E-state index >= 15 is 0 Å². The highest BCUT2D eigenvalue weighted by molar-refractivity contribution is 8.18. The summed E-state index contributed by atoms with van der Waals surface area (Å²) in [6, 6.07) is 20.0. The molecule has 196 valence electrons. The van der Waals surface area contributed by atoms with Crippen molar-refractivity contribution in [2.45, 2.75) is 18.4 Å². The van der Waals surface area contributed by atoms with E-state index in [0.717, 1.165) is 27.1 Å². The second kappa shape index (κ2) is 12.9. The van der Waals surface area contributed by atoms with Gasteiger partial charge in [0.1, 0.15) is 13.2 Å². The number of amides is 3. The van der Waals surface area contributed by atoms with E-state index in [1.165, 1.54) is 0 Å². The lowest BCUT2D eigenvalue weighted by atomic mass is 10.1. The maximum absolute atomic E-state index is 12.9. The summed E-state index contributed by atoms with van der Waals surface area (Å²) < 4.78 is 11.7. The molecule has 0 aromatic heterocycles. The summed E-state index contributed by atoms with van der Waals surface area (Å²) in [6.07, 6.45) is 3.54.